The molecule has 0 unspecified atom stereocenters. The predicted molar refractivity (Wildman–Crippen MR) is 74.7 cm³/mol. The lowest BCUT2D eigenvalue weighted by Crippen LogP contribution is -2.45. The van der Waals surface area contributed by atoms with Crippen LogP contribution in [0, 0.1) is 6.92 Å². The summed E-state index contributed by atoms with van der Waals surface area (Å²) in [6.07, 6.45) is 0. The van der Waals surface area contributed by atoms with Crippen molar-refractivity contribution in [2.24, 2.45) is 0 Å². The number of hydrogen-bond acceptors (Lipinski definition) is 4. The van der Waals surface area contributed by atoms with E-state index in [9.17, 15) is 0 Å². The maximum absolute atomic E-state index is 3.39. The van der Waals surface area contributed by atoms with Crippen molar-refractivity contribution in [1.82, 2.24) is 15.1 Å². The number of aryl methyl sites for hydroxylation is 1. The van der Waals surface area contributed by atoms with Crippen LogP contribution in [0.2, 0.25) is 0 Å². The Kier molecular flexibility index (Phi) is 4.98. The van der Waals surface area contributed by atoms with Crippen molar-refractivity contribution in [3.8, 4) is 0 Å². The number of likely N-dealkylation sites (N-methyl/N-ethyl adjacent to an activating group) is 1. The molecule has 0 amide bonds. The lowest BCUT2D eigenvalue weighted by molar-refractivity contribution is 0.203. The van der Waals surface area contributed by atoms with Gasteiger partial charge in [0, 0.05) is 50.7 Å². The number of nitrogens with one attached hydrogen (secondary N) is 1. The molecular formula is C13H23N3S. The van der Waals surface area contributed by atoms with Crippen LogP contribution >= 0.6 is 11.3 Å². The normalized spacial score (nSPS) is 17.8. The highest BCUT2D eigenvalue weighted by molar-refractivity contribution is 7.10. The fourth-order valence-corrected chi connectivity index (χ4v) is 3.12. The summed E-state index contributed by atoms with van der Waals surface area (Å²) in [5.41, 5.74) is 1.43. The van der Waals surface area contributed by atoms with Crippen molar-refractivity contribution in [2.75, 3.05) is 46.3 Å². The molecule has 2 heterocycles. The first-order chi connectivity index (χ1) is 8.25. The average Bonchev–Trinajstić information content (AvgIpc) is 2.74. The zero-order valence-electron chi connectivity index (χ0n) is 10.9. The second-order valence-corrected chi connectivity index (χ2v) is 5.86. The SMILES string of the molecule is Cc1ccsc1CN(C)CCN1CCNCC1. The second kappa shape index (κ2) is 6.50. The summed E-state index contributed by atoms with van der Waals surface area (Å²) in [7, 11) is 2.22. The first-order valence-corrected chi connectivity index (χ1v) is 7.28. The maximum atomic E-state index is 3.39. The summed E-state index contributed by atoms with van der Waals surface area (Å²) >= 11 is 1.87. The van der Waals surface area contributed by atoms with Gasteiger partial charge in [0.1, 0.15) is 0 Å². The fraction of sp³-hybridized carbons (Fsp3) is 0.692. The Morgan fingerprint density at radius 1 is 1.41 bits per heavy atom. The van der Waals surface area contributed by atoms with Gasteiger partial charge in [0.05, 0.1) is 0 Å². The smallest absolute Gasteiger partial charge is 0.0328 e. The zero-order valence-corrected chi connectivity index (χ0v) is 11.7. The summed E-state index contributed by atoms with van der Waals surface area (Å²) in [4.78, 5) is 6.49. The van der Waals surface area contributed by atoms with E-state index in [2.05, 4.69) is 40.5 Å². The summed E-state index contributed by atoms with van der Waals surface area (Å²) in [6.45, 7) is 10.4. The van der Waals surface area contributed by atoms with Crippen molar-refractivity contribution in [1.29, 1.82) is 0 Å². The molecule has 2 rings (SSSR count). The average molecular weight is 253 g/mol. The molecule has 0 bridgehead atoms. The highest BCUT2D eigenvalue weighted by Crippen LogP contribution is 2.16. The standard InChI is InChI=1S/C13H23N3S/c1-12-3-10-17-13(12)11-15(2)8-9-16-6-4-14-5-7-16/h3,10,14H,4-9,11H2,1-2H3. The molecule has 17 heavy (non-hydrogen) atoms. The zero-order chi connectivity index (χ0) is 12.1. The lowest BCUT2D eigenvalue weighted by atomic mass is 10.3. The van der Waals surface area contributed by atoms with E-state index in [1.807, 2.05) is 11.3 Å². The quantitative estimate of drug-likeness (QED) is 0.855. The van der Waals surface area contributed by atoms with Gasteiger partial charge in [0.2, 0.25) is 0 Å². The Labute approximate surface area is 108 Å². The van der Waals surface area contributed by atoms with Crippen LogP contribution in [0.25, 0.3) is 0 Å². The molecule has 0 atom stereocenters. The van der Waals surface area contributed by atoms with Crippen molar-refractivity contribution in [3.05, 3.63) is 21.9 Å². The fourth-order valence-electron chi connectivity index (χ4n) is 2.14. The minimum absolute atomic E-state index is 1.09. The lowest BCUT2D eigenvalue weighted by Gasteiger charge is -2.29. The minimum atomic E-state index is 1.09. The molecule has 0 saturated carbocycles. The third-order valence-corrected chi connectivity index (χ3v) is 4.40. The molecule has 1 fully saturated rings. The van der Waals surface area contributed by atoms with Crippen molar-refractivity contribution in [3.63, 3.8) is 0 Å². The molecule has 3 nitrogen and oxygen atoms in total. The summed E-state index contributed by atoms with van der Waals surface area (Å²) < 4.78 is 0. The van der Waals surface area contributed by atoms with E-state index in [0.717, 1.165) is 26.2 Å². The monoisotopic (exact) mass is 253 g/mol. The van der Waals surface area contributed by atoms with Crippen LogP contribution in [0.1, 0.15) is 10.4 Å². The molecule has 1 N–H and O–H groups in total. The van der Waals surface area contributed by atoms with Crippen molar-refractivity contribution < 1.29 is 0 Å². The van der Waals surface area contributed by atoms with Crippen LogP contribution in [-0.4, -0.2) is 56.1 Å². The summed E-state index contributed by atoms with van der Waals surface area (Å²) in [6, 6.07) is 2.21. The van der Waals surface area contributed by atoms with Crippen LogP contribution in [0.3, 0.4) is 0 Å². The van der Waals surface area contributed by atoms with E-state index in [1.54, 1.807) is 0 Å². The van der Waals surface area contributed by atoms with Gasteiger partial charge in [-0.2, -0.15) is 0 Å². The van der Waals surface area contributed by atoms with Gasteiger partial charge in [-0.1, -0.05) is 0 Å². The van der Waals surface area contributed by atoms with E-state index in [0.29, 0.717) is 0 Å². The number of nitrogens with zero attached hydrogens (tertiary/aromatic N) is 2. The molecule has 0 radical (unpaired) electrons. The maximum Gasteiger partial charge on any atom is 0.0328 e. The highest BCUT2D eigenvalue weighted by atomic mass is 32.1. The molecule has 0 aliphatic carbocycles. The van der Waals surface area contributed by atoms with Crippen LogP contribution < -0.4 is 5.32 Å². The Balaban J connectivity index is 1.70. The molecule has 1 aliphatic heterocycles. The van der Waals surface area contributed by atoms with Gasteiger partial charge in [0.25, 0.3) is 0 Å². The number of rotatable bonds is 5. The van der Waals surface area contributed by atoms with Crippen molar-refractivity contribution >= 4 is 11.3 Å². The molecule has 0 spiro atoms. The van der Waals surface area contributed by atoms with Crippen molar-refractivity contribution in [2.45, 2.75) is 13.5 Å². The third-order valence-electron chi connectivity index (χ3n) is 3.39. The van der Waals surface area contributed by atoms with Crippen LogP contribution in [-0.2, 0) is 6.54 Å². The van der Waals surface area contributed by atoms with E-state index in [4.69, 9.17) is 0 Å². The van der Waals surface area contributed by atoms with Gasteiger partial charge < -0.3 is 10.2 Å². The summed E-state index contributed by atoms with van der Waals surface area (Å²) in [5, 5.41) is 5.58. The molecule has 0 aromatic carbocycles. The Bertz CT molecular complexity index is 331. The topological polar surface area (TPSA) is 18.5 Å². The highest BCUT2D eigenvalue weighted by Gasteiger charge is 2.10. The van der Waals surface area contributed by atoms with Gasteiger partial charge in [-0.3, -0.25) is 4.90 Å². The van der Waals surface area contributed by atoms with E-state index in [1.165, 1.54) is 30.1 Å². The van der Waals surface area contributed by atoms with Crippen LogP contribution in [0.4, 0.5) is 0 Å². The number of hydrogen-bond donors (Lipinski definition) is 1. The van der Waals surface area contributed by atoms with Gasteiger partial charge in [-0.15, -0.1) is 11.3 Å². The predicted octanol–water partition coefficient (Wildman–Crippen LogP) is 1.39. The molecule has 1 aromatic rings. The Hall–Kier alpha value is -0.420. The molecular weight excluding hydrogens is 230 g/mol. The van der Waals surface area contributed by atoms with Gasteiger partial charge in [-0.25, -0.2) is 0 Å². The molecule has 1 aromatic heterocycles. The number of piperazine rings is 1. The molecule has 4 heteroatoms. The van der Waals surface area contributed by atoms with Gasteiger partial charge >= 0.3 is 0 Å². The number of thiophene rings is 1. The first-order valence-electron chi connectivity index (χ1n) is 6.40. The van der Waals surface area contributed by atoms with E-state index in [-0.39, 0.29) is 0 Å². The van der Waals surface area contributed by atoms with E-state index < -0.39 is 0 Å². The molecule has 1 saturated heterocycles. The summed E-state index contributed by atoms with van der Waals surface area (Å²) in [5.74, 6) is 0. The molecule has 1 aliphatic rings. The Morgan fingerprint density at radius 3 is 2.82 bits per heavy atom. The third kappa shape index (κ3) is 4.07. The van der Waals surface area contributed by atoms with Crippen LogP contribution in [0.5, 0.6) is 0 Å². The first kappa shape index (κ1) is 13.0. The Morgan fingerprint density at radius 2 is 2.18 bits per heavy atom. The van der Waals surface area contributed by atoms with Gasteiger partial charge in [0.15, 0.2) is 0 Å². The largest absolute Gasteiger partial charge is 0.314 e. The molecule has 96 valence electrons. The van der Waals surface area contributed by atoms with E-state index >= 15 is 0 Å². The van der Waals surface area contributed by atoms with Gasteiger partial charge in [-0.05, 0) is 31.0 Å². The second-order valence-electron chi connectivity index (χ2n) is 4.86. The van der Waals surface area contributed by atoms with Crippen LogP contribution in [0.15, 0.2) is 11.4 Å². The minimum Gasteiger partial charge on any atom is -0.314 e.